The first kappa shape index (κ1) is 16.8. The lowest BCUT2D eigenvalue weighted by Gasteiger charge is -2.23. The molecule has 1 aromatic rings. The average molecular weight is 291 g/mol. The van der Waals surface area contributed by atoms with Crippen molar-refractivity contribution in [2.24, 2.45) is 0 Å². The number of ether oxygens (including phenoxy) is 1. The number of hydrogen-bond donors (Lipinski definition) is 2. The molecule has 1 aromatic carbocycles. The number of rotatable bonds is 7. The molecule has 0 aliphatic heterocycles. The first-order valence-electron chi connectivity index (χ1n) is 6.78. The summed E-state index contributed by atoms with van der Waals surface area (Å²) in [5, 5.41) is 11.4. The van der Waals surface area contributed by atoms with Gasteiger partial charge in [-0.3, -0.25) is 9.59 Å². The Bertz CT molecular complexity index is 535. The third kappa shape index (κ3) is 6.12. The van der Waals surface area contributed by atoms with Crippen LogP contribution in [0.4, 0.5) is 0 Å². The summed E-state index contributed by atoms with van der Waals surface area (Å²) >= 11 is 0. The van der Waals surface area contributed by atoms with Crippen molar-refractivity contribution in [3.63, 3.8) is 0 Å². The van der Waals surface area contributed by atoms with E-state index in [0.717, 1.165) is 5.56 Å². The summed E-state index contributed by atoms with van der Waals surface area (Å²) in [5.41, 5.74) is -0.00212. The summed E-state index contributed by atoms with van der Waals surface area (Å²) in [6.07, 6.45) is 2.89. The van der Waals surface area contributed by atoms with Gasteiger partial charge in [0.1, 0.15) is 5.75 Å². The topological polar surface area (TPSA) is 75.6 Å². The Balaban J connectivity index is 2.72. The molecule has 0 fully saturated rings. The van der Waals surface area contributed by atoms with Crippen LogP contribution in [0.3, 0.4) is 0 Å². The number of carboxylic acids is 1. The average Bonchev–Trinajstić information content (AvgIpc) is 2.36. The van der Waals surface area contributed by atoms with Crippen molar-refractivity contribution in [3.8, 4) is 5.75 Å². The van der Waals surface area contributed by atoms with Crippen LogP contribution in [-0.2, 0) is 9.59 Å². The van der Waals surface area contributed by atoms with E-state index >= 15 is 0 Å². The van der Waals surface area contributed by atoms with Crippen molar-refractivity contribution in [3.05, 3.63) is 35.9 Å². The van der Waals surface area contributed by atoms with E-state index in [1.807, 2.05) is 31.2 Å². The Morgan fingerprint density at radius 3 is 2.62 bits per heavy atom. The Hall–Kier alpha value is -2.30. The minimum Gasteiger partial charge on any atom is -0.493 e. The van der Waals surface area contributed by atoms with Crippen LogP contribution in [0.2, 0.25) is 0 Å². The zero-order valence-corrected chi connectivity index (χ0v) is 12.6. The second-order valence-electron chi connectivity index (χ2n) is 5.25. The van der Waals surface area contributed by atoms with Crippen LogP contribution < -0.4 is 10.1 Å². The fraction of sp³-hybridized carbons (Fsp3) is 0.375. The molecular weight excluding hydrogens is 270 g/mol. The molecule has 2 N–H and O–H groups in total. The molecule has 1 amide bonds. The SMILES string of the molecule is CCOc1ccccc1C=CC(=O)NC(C)(C)CC(=O)O. The maximum atomic E-state index is 11.9. The molecule has 21 heavy (non-hydrogen) atoms. The van der Waals surface area contributed by atoms with E-state index in [1.165, 1.54) is 6.08 Å². The van der Waals surface area contributed by atoms with Gasteiger partial charge in [-0.1, -0.05) is 18.2 Å². The largest absolute Gasteiger partial charge is 0.493 e. The summed E-state index contributed by atoms with van der Waals surface area (Å²) in [5.74, 6) is -0.590. The number of para-hydroxylation sites is 1. The lowest BCUT2D eigenvalue weighted by atomic mass is 10.0. The van der Waals surface area contributed by atoms with Gasteiger partial charge in [0.25, 0.3) is 0 Å². The van der Waals surface area contributed by atoms with Gasteiger partial charge in [0, 0.05) is 17.2 Å². The van der Waals surface area contributed by atoms with Crippen LogP contribution in [0.1, 0.15) is 32.8 Å². The van der Waals surface area contributed by atoms with Crippen LogP contribution in [0.25, 0.3) is 6.08 Å². The molecule has 0 aromatic heterocycles. The Labute approximate surface area is 124 Å². The number of hydrogen-bond acceptors (Lipinski definition) is 3. The van der Waals surface area contributed by atoms with Gasteiger partial charge in [-0.05, 0) is 32.9 Å². The summed E-state index contributed by atoms with van der Waals surface area (Å²) in [7, 11) is 0. The highest BCUT2D eigenvalue weighted by atomic mass is 16.5. The molecule has 0 unspecified atom stereocenters. The van der Waals surface area contributed by atoms with Crippen molar-refractivity contribution in [2.45, 2.75) is 32.7 Å². The monoisotopic (exact) mass is 291 g/mol. The van der Waals surface area contributed by atoms with E-state index in [-0.39, 0.29) is 12.3 Å². The Morgan fingerprint density at radius 2 is 2.00 bits per heavy atom. The maximum absolute atomic E-state index is 11.9. The van der Waals surface area contributed by atoms with Crippen molar-refractivity contribution >= 4 is 18.0 Å². The molecule has 0 spiro atoms. The third-order valence-electron chi connectivity index (χ3n) is 2.69. The predicted molar refractivity (Wildman–Crippen MR) is 81.1 cm³/mol. The first-order valence-corrected chi connectivity index (χ1v) is 6.78. The lowest BCUT2D eigenvalue weighted by molar-refractivity contribution is -0.138. The molecule has 0 aliphatic rings. The van der Waals surface area contributed by atoms with Gasteiger partial charge in [0.05, 0.1) is 13.0 Å². The summed E-state index contributed by atoms with van der Waals surface area (Å²) in [6.45, 7) is 5.77. The van der Waals surface area contributed by atoms with E-state index in [2.05, 4.69) is 5.32 Å². The van der Waals surface area contributed by atoms with Crippen molar-refractivity contribution < 1.29 is 19.4 Å². The molecule has 5 nitrogen and oxygen atoms in total. The Morgan fingerprint density at radius 1 is 1.33 bits per heavy atom. The van der Waals surface area contributed by atoms with Gasteiger partial charge >= 0.3 is 5.97 Å². The molecule has 5 heteroatoms. The zero-order chi connectivity index (χ0) is 15.9. The highest BCUT2D eigenvalue weighted by Crippen LogP contribution is 2.19. The van der Waals surface area contributed by atoms with Crippen LogP contribution in [0.15, 0.2) is 30.3 Å². The molecule has 0 saturated carbocycles. The number of nitrogens with one attached hydrogen (secondary N) is 1. The highest BCUT2D eigenvalue weighted by Gasteiger charge is 2.22. The van der Waals surface area contributed by atoms with Gasteiger partial charge in [0.15, 0.2) is 0 Å². The van der Waals surface area contributed by atoms with E-state index < -0.39 is 11.5 Å². The van der Waals surface area contributed by atoms with E-state index in [4.69, 9.17) is 9.84 Å². The number of carboxylic acid groups (broad SMARTS) is 1. The van der Waals surface area contributed by atoms with Crippen molar-refractivity contribution in [1.82, 2.24) is 5.32 Å². The minimum absolute atomic E-state index is 0.137. The van der Waals surface area contributed by atoms with E-state index in [0.29, 0.717) is 12.4 Å². The first-order chi connectivity index (χ1) is 9.84. The van der Waals surface area contributed by atoms with E-state index in [1.54, 1.807) is 19.9 Å². The second-order valence-corrected chi connectivity index (χ2v) is 5.25. The van der Waals surface area contributed by atoms with Gasteiger partial charge in [-0.15, -0.1) is 0 Å². The molecule has 0 radical (unpaired) electrons. The van der Waals surface area contributed by atoms with Gasteiger partial charge < -0.3 is 15.2 Å². The normalized spacial score (nSPS) is 11.4. The molecular formula is C16H21NO4. The Kier molecular flexibility index (Phi) is 5.96. The summed E-state index contributed by atoms with van der Waals surface area (Å²) in [4.78, 5) is 22.6. The zero-order valence-electron chi connectivity index (χ0n) is 12.6. The molecule has 114 valence electrons. The van der Waals surface area contributed by atoms with Gasteiger partial charge in [0.2, 0.25) is 5.91 Å². The number of carbonyl (C=O) groups is 2. The molecule has 0 atom stereocenters. The standard InChI is InChI=1S/C16H21NO4/c1-4-21-13-8-6-5-7-12(13)9-10-14(18)17-16(2,3)11-15(19)20/h5-10H,4,11H2,1-3H3,(H,17,18)(H,19,20). The number of carbonyl (C=O) groups excluding carboxylic acids is 1. The number of amides is 1. The van der Waals surface area contributed by atoms with Gasteiger partial charge in [-0.2, -0.15) is 0 Å². The fourth-order valence-corrected chi connectivity index (χ4v) is 1.87. The summed E-state index contributed by atoms with van der Waals surface area (Å²) < 4.78 is 5.46. The van der Waals surface area contributed by atoms with Crippen LogP contribution in [0.5, 0.6) is 5.75 Å². The summed E-state index contributed by atoms with van der Waals surface area (Å²) in [6, 6.07) is 7.39. The number of aliphatic carboxylic acids is 1. The maximum Gasteiger partial charge on any atom is 0.305 e. The van der Waals surface area contributed by atoms with E-state index in [9.17, 15) is 9.59 Å². The second kappa shape index (κ2) is 7.47. The highest BCUT2D eigenvalue weighted by molar-refractivity contribution is 5.92. The molecule has 0 bridgehead atoms. The van der Waals surface area contributed by atoms with Crippen molar-refractivity contribution in [1.29, 1.82) is 0 Å². The van der Waals surface area contributed by atoms with Gasteiger partial charge in [-0.25, -0.2) is 0 Å². The third-order valence-corrected chi connectivity index (χ3v) is 2.69. The predicted octanol–water partition coefficient (Wildman–Crippen LogP) is 2.47. The van der Waals surface area contributed by atoms with Crippen molar-refractivity contribution in [2.75, 3.05) is 6.61 Å². The van der Waals surface area contributed by atoms with Crippen LogP contribution in [0, 0.1) is 0 Å². The van der Waals surface area contributed by atoms with Crippen LogP contribution >= 0.6 is 0 Å². The smallest absolute Gasteiger partial charge is 0.305 e. The minimum atomic E-state index is -0.953. The molecule has 1 rings (SSSR count). The van der Waals surface area contributed by atoms with Crippen LogP contribution in [-0.4, -0.2) is 29.1 Å². The molecule has 0 saturated heterocycles. The quantitative estimate of drug-likeness (QED) is 0.757. The lowest BCUT2D eigenvalue weighted by Crippen LogP contribution is -2.44. The molecule has 0 heterocycles. The molecule has 0 aliphatic carbocycles. The number of benzene rings is 1. The fourth-order valence-electron chi connectivity index (χ4n) is 1.87.